The lowest BCUT2D eigenvalue weighted by atomic mass is 9.93. The first kappa shape index (κ1) is 22.4. The number of carbonyl (C=O) groups is 2. The average molecular weight is 506 g/mol. The summed E-state index contributed by atoms with van der Waals surface area (Å²) in [5.41, 5.74) is 10.9. The first-order valence-corrected chi connectivity index (χ1v) is 13.5. The Bertz CT molecular complexity index is 1160. The molecule has 1 aliphatic carbocycles. The third kappa shape index (κ3) is 4.26. The van der Waals surface area contributed by atoms with Gasteiger partial charge in [0.25, 0.3) is 11.8 Å². The number of hydrogen-bond donors (Lipinski definition) is 2. The maximum Gasteiger partial charge on any atom is 0.276 e. The number of hydrogen-bond acceptors (Lipinski definition) is 9. The van der Waals surface area contributed by atoms with Crippen LogP contribution in [-0.2, 0) is 33.8 Å². The molecule has 0 radical (unpaired) electrons. The summed E-state index contributed by atoms with van der Waals surface area (Å²) in [6, 6.07) is -0.610. The van der Waals surface area contributed by atoms with Crippen molar-refractivity contribution in [2.24, 2.45) is 11.1 Å². The van der Waals surface area contributed by atoms with E-state index in [0.29, 0.717) is 10.8 Å². The van der Waals surface area contributed by atoms with Gasteiger partial charge in [0.05, 0.1) is 4.88 Å². The summed E-state index contributed by atoms with van der Waals surface area (Å²) >= 11 is 4.71. The number of amides is 2. The summed E-state index contributed by atoms with van der Waals surface area (Å²) in [6.45, 7) is 3.12. The van der Waals surface area contributed by atoms with E-state index in [1.165, 1.54) is 41.0 Å². The van der Waals surface area contributed by atoms with Crippen LogP contribution in [0.5, 0.6) is 0 Å². The van der Waals surface area contributed by atoms with E-state index >= 15 is 0 Å². The van der Waals surface area contributed by atoms with Gasteiger partial charge in [0.15, 0.2) is 23.1 Å². The van der Waals surface area contributed by atoms with E-state index in [4.69, 9.17) is 10.6 Å². The molecule has 0 spiro atoms. The van der Waals surface area contributed by atoms with Gasteiger partial charge in [-0.1, -0.05) is 23.4 Å². The Morgan fingerprint density at radius 1 is 1.45 bits per heavy atom. The van der Waals surface area contributed by atoms with Gasteiger partial charge in [-0.25, -0.2) is 4.98 Å². The van der Waals surface area contributed by atoms with Gasteiger partial charge in [0, 0.05) is 29.3 Å². The summed E-state index contributed by atoms with van der Waals surface area (Å²) in [7, 11) is 1.35. The fourth-order valence-corrected chi connectivity index (χ4v) is 7.36. The number of aromatic nitrogens is 2. The molecule has 33 heavy (non-hydrogen) atoms. The molecular formula is C21H25N6O3S3+. The molecule has 2 aromatic rings. The number of β-lactam (4-membered cyclic amide) rings is 1. The lowest BCUT2D eigenvalue weighted by Gasteiger charge is -2.47. The number of anilines is 1. The number of oxime groups is 1. The van der Waals surface area contributed by atoms with Crippen LogP contribution in [0, 0.1) is 5.92 Å². The molecule has 3 aliphatic rings. The maximum atomic E-state index is 12.8. The number of nitrogens with one attached hydrogen (secondary N) is 1. The fraction of sp³-hybridized carbons (Fsp3) is 0.476. The van der Waals surface area contributed by atoms with E-state index in [9.17, 15) is 9.59 Å². The van der Waals surface area contributed by atoms with Crippen molar-refractivity contribution in [1.29, 1.82) is 0 Å². The van der Waals surface area contributed by atoms with Gasteiger partial charge < -0.3 is 20.8 Å². The lowest BCUT2D eigenvalue weighted by molar-refractivity contribution is -0.692. The summed E-state index contributed by atoms with van der Waals surface area (Å²) in [6.07, 6.45) is 5.47. The molecule has 3 N–H and O–H groups in total. The number of nitrogens with two attached hydrogens (primary N) is 1. The molecule has 1 unspecified atom stereocenters. The molecule has 12 heteroatoms. The lowest BCUT2D eigenvalue weighted by Crippen LogP contribution is -2.69. The summed E-state index contributed by atoms with van der Waals surface area (Å²) in [5, 5.41) is 8.41. The zero-order valence-corrected chi connectivity index (χ0v) is 20.8. The first-order valence-electron chi connectivity index (χ1n) is 10.7. The SMILES string of the molecule is CO/N=C(\C(=O)N[C@@H]1C(=O)N2C=C(C[n+]3csc4c3CCC(C)C4)CS[C@@H]12)c1csc(N)n1. The van der Waals surface area contributed by atoms with Crippen LogP contribution < -0.4 is 15.6 Å². The Hall–Kier alpha value is -2.44. The second-order valence-corrected chi connectivity index (χ2v) is 11.4. The maximum absolute atomic E-state index is 12.8. The van der Waals surface area contributed by atoms with Crippen LogP contribution in [-0.4, -0.2) is 51.7 Å². The van der Waals surface area contributed by atoms with Crippen LogP contribution in [0.25, 0.3) is 0 Å². The van der Waals surface area contributed by atoms with Crippen molar-refractivity contribution in [3.05, 3.63) is 38.9 Å². The highest BCUT2D eigenvalue weighted by Crippen LogP contribution is 2.36. The highest BCUT2D eigenvalue weighted by atomic mass is 32.2. The second kappa shape index (κ2) is 9.07. The van der Waals surface area contributed by atoms with Gasteiger partial charge in [-0.15, -0.1) is 23.1 Å². The third-order valence-electron chi connectivity index (χ3n) is 6.06. The molecule has 174 valence electrons. The number of thiazole rings is 2. The monoisotopic (exact) mass is 505 g/mol. The summed E-state index contributed by atoms with van der Waals surface area (Å²) in [4.78, 5) is 37.7. The van der Waals surface area contributed by atoms with E-state index in [1.54, 1.807) is 22.0 Å². The minimum atomic E-state index is -0.610. The van der Waals surface area contributed by atoms with E-state index in [-0.39, 0.29) is 17.0 Å². The normalized spacial score (nSPS) is 24.5. The van der Waals surface area contributed by atoms with E-state index in [1.807, 2.05) is 17.5 Å². The van der Waals surface area contributed by atoms with Crippen LogP contribution in [0.4, 0.5) is 5.13 Å². The molecule has 2 amide bonds. The zero-order valence-electron chi connectivity index (χ0n) is 18.3. The Balaban J connectivity index is 1.24. The predicted molar refractivity (Wildman–Crippen MR) is 129 cm³/mol. The Morgan fingerprint density at radius 3 is 3.06 bits per heavy atom. The third-order valence-corrected chi connectivity index (χ3v) is 9.16. The molecule has 9 nitrogen and oxygen atoms in total. The van der Waals surface area contributed by atoms with Crippen LogP contribution in [0.3, 0.4) is 0 Å². The molecule has 0 saturated carbocycles. The highest BCUT2D eigenvalue weighted by Gasteiger charge is 2.50. The number of rotatable bonds is 6. The Labute approximate surface area is 203 Å². The van der Waals surface area contributed by atoms with Crippen molar-refractivity contribution in [2.45, 2.75) is 44.1 Å². The standard InChI is InChI=1S/C21H24N6O3S3/c1-11-3-4-14-15(5-11)33-10-26(14)6-12-7-27-19(29)17(20(27)31-8-12)24-18(28)16(25-30-2)13-9-32-21(22)23-13/h7,9-11,17,20H,3-6,8H2,1-2H3,(H2-,22,23,24,28)/p+1/b25-16-/t11?,17-,20+/m1/s1. The van der Waals surface area contributed by atoms with E-state index in [2.05, 4.69) is 32.5 Å². The average Bonchev–Trinajstić information content (AvgIpc) is 3.41. The van der Waals surface area contributed by atoms with Crippen LogP contribution in [0.15, 0.2) is 27.8 Å². The molecule has 1 fully saturated rings. The largest absolute Gasteiger partial charge is 0.398 e. The number of fused-ring (bicyclic) bond motifs is 2. The van der Waals surface area contributed by atoms with Crippen molar-refractivity contribution in [3.8, 4) is 0 Å². The Kier molecular flexibility index (Phi) is 6.14. The van der Waals surface area contributed by atoms with Crippen LogP contribution in [0.2, 0.25) is 0 Å². The predicted octanol–water partition coefficient (Wildman–Crippen LogP) is 1.53. The van der Waals surface area contributed by atoms with Gasteiger partial charge >= 0.3 is 0 Å². The van der Waals surface area contributed by atoms with E-state index < -0.39 is 11.9 Å². The van der Waals surface area contributed by atoms with Crippen molar-refractivity contribution in [2.75, 3.05) is 18.6 Å². The molecule has 0 aromatic carbocycles. The summed E-state index contributed by atoms with van der Waals surface area (Å²) in [5.74, 6) is 0.934. The number of nitrogens with zero attached hydrogens (tertiary/aromatic N) is 4. The van der Waals surface area contributed by atoms with E-state index in [0.717, 1.165) is 31.1 Å². The van der Waals surface area contributed by atoms with Crippen molar-refractivity contribution in [1.82, 2.24) is 15.2 Å². The molecule has 1 saturated heterocycles. The first-order chi connectivity index (χ1) is 15.9. The van der Waals surface area contributed by atoms with Gasteiger partial charge in [0.2, 0.25) is 5.51 Å². The summed E-state index contributed by atoms with van der Waals surface area (Å²) < 4.78 is 2.34. The van der Waals surface area contributed by atoms with Gasteiger partial charge in [-0.3, -0.25) is 9.59 Å². The van der Waals surface area contributed by atoms with Gasteiger partial charge in [-0.05, 0) is 18.8 Å². The molecule has 2 aromatic heterocycles. The zero-order chi connectivity index (χ0) is 23.1. The van der Waals surface area contributed by atoms with Crippen LogP contribution in [0.1, 0.15) is 29.6 Å². The van der Waals surface area contributed by atoms with Gasteiger partial charge in [-0.2, -0.15) is 4.57 Å². The molecule has 3 atom stereocenters. The number of thioether (sulfide) groups is 1. The second-order valence-electron chi connectivity index (χ2n) is 8.45. The smallest absolute Gasteiger partial charge is 0.276 e. The van der Waals surface area contributed by atoms with Crippen molar-refractivity contribution >= 4 is 57.1 Å². The molecule has 5 rings (SSSR count). The number of nitrogen functional groups attached to an aromatic ring is 1. The molecule has 2 aliphatic heterocycles. The molecular weight excluding hydrogens is 480 g/mol. The Morgan fingerprint density at radius 2 is 2.30 bits per heavy atom. The minimum absolute atomic E-state index is 0.00157. The van der Waals surface area contributed by atoms with Crippen LogP contribution >= 0.6 is 34.4 Å². The van der Waals surface area contributed by atoms with Crippen molar-refractivity contribution < 1.29 is 19.0 Å². The van der Waals surface area contributed by atoms with Crippen molar-refractivity contribution in [3.63, 3.8) is 0 Å². The topological polar surface area (TPSA) is 114 Å². The highest BCUT2D eigenvalue weighted by molar-refractivity contribution is 8.00. The van der Waals surface area contributed by atoms with Gasteiger partial charge in [0.1, 0.15) is 24.2 Å². The number of carbonyl (C=O) groups excluding carboxylic acids is 2. The molecule has 0 bridgehead atoms. The molecule has 4 heterocycles. The quantitative estimate of drug-likeness (QED) is 0.266. The fourth-order valence-electron chi connectivity index (χ4n) is 4.37. The minimum Gasteiger partial charge on any atom is -0.398 e.